The summed E-state index contributed by atoms with van der Waals surface area (Å²) in [7, 11) is 0. The maximum absolute atomic E-state index is 5.55. The van der Waals surface area contributed by atoms with Crippen LogP contribution in [0.1, 0.15) is 47.0 Å². The third-order valence-corrected chi connectivity index (χ3v) is 1.46. The first-order chi connectivity index (χ1) is 5.31. The van der Waals surface area contributed by atoms with Crippen LogP contribution in [0.25, 0.3) is 0 Å². The Morgan fingerprint density at radius 2 is 1.64 bits per heavy atom. The van der Waals surface area contributed by atoms with Crippen molar-refractivity contribution >= 4 is 0 Å². The number of nitrogens with two attached hydrogens (primary N) is 1. The summed E-state index contributed by atoms with van der Waals surface area (Å²) in [5.74, 6) is 5.55. The predicted octanol–water partition coefficient (Wildman–Crippen LogP) is 2.40. The molecule has 0 unspecified atom stereocenters. The molecule has 70 valence electrons. The van der Waals surface area contributed by atoms with Crippen LogP contribution in [0.4, 0.5) is 0 Å². The van der Waals surface area contributed by atoms with Gasteiger partial charge in [0, 0.05) is 13.1 Å². The normalized spacial score (nSPS) is 9.27. The first-order valence-electron chi connectivity index (χ1n) is 4.80. The summed E-state index contributed by atoms with van der Waals surface area (Å²) in [6, 6.07) is 0. The van der Waals surface area contributed by atoms with Crippen LogP contribution in [0, 0.1) is 0 Å². The SMILES string of the molecule is CC.CCCCCN(N)CC. The molecule has 11 heavy (non-hydrogen) atoms. The zero-order valence-electron chi connectivity index (χ0n) is 8.56. The van der Waals surface area contributed by atoms with Crippen LogP contribution in [-0.4, -0.2) is 18.1 Å². The van der Waals surface area contributed by atoms with E-state index in [1.165, 1.54) is 19.3 Å². The molecule has 2 nitrogen and oxygen atoms in total. The molecule has 0 spiro atoms. The largest absolute Gasteiger partial charge is 0.269 e. The lowest BCUT2D eigenvalue weighted by Gasteiger charge is -2.11. The summed E-state index contributed by atoms with van der Waals surface area (Å²) in [4.78, 5) is 0. The summed E-state index contributed by atoms with van der Waals surface area (Å²) in [5.41, 5.74) is 0. The maximum Gasteiger partial charge on any atom is 0.0128 e. The molecule has 0 aromatic rings. The molecule has 0 atom stereocenters. The highest BCUT2D eigenvalue weighted by Crippen LogP contribution is 1.93. The Balaban J connectivity index is 0. The van der Waals surface area contributed by atoms with Crippen molar-refractivity contribution in [1.82, 2.24) is 5.01 Å². The van der Waals surface area contributed by atoms with Gasteiger partial charge in [0.15, 0.2) is 0 Å². The van der Waals surface area contributed by atoms with Crippen molar-refractivity contribution in [2.45, 2.75) is 47.0 Å². The van der Waals surface area contributed by atoms with E-state index in [0.29, 0.717) is 0 Å². The minimum absolute atomic E-state index is 0.962. The number of hydrogen-bond donors (Lipinski definition) is 1. The van der Waals surface area contributed by atoms with Crippen molar-refractivity contribution in [3.05, 3.63) is 0 Å². The molecule has 0 amide bonds. The second kappa shape index (κ2) is 12.6. The van der Waals surface area contributed by atoms with Crippen LogP contribution in [0.15, 0.2) is 0 Å². The van der Waals surface area contributed by atoms with E-state index in [9.17, 15) is 0 Å². The highest BCUT2D eigenvalue weighted by atomic mass is 15.4. The topological polar surface area (TPSA) is 29.3 Å². The van der Waals surface area contributed by atoms with Gasteiger partial charge in [-0.25, -0.2) is 5.01 Å². The molecule has 0 aromatic heterocycles. The van der Waals surface area contributed by atoms with E-state index < -0.39 is 0 Å². The van der Waals surface area contributed by atoms with Gasteiger partial charge in [-0.1, -0.05) is 40.5 Å². The van der Waals surface area contributed by atoms with Gasteiger partial charge in [-0.05, 0) is 6.42 Å². The van der Waals surface area contributed by atoms with Gasteiger partial charge >= 0.3 is 0 Å². The molecule has 0 rings (SSSR count). The second-order valence-corrected chi connectivity index (χ2v) is 2.34. The molecule has 0 aliphatic rings. The van der Waals surface area contributed by atoms with Gasteiger partial charge in [-0.2, -0.15) is 0 Å². The lowest BCUT2D eigenvalue weighted by molar-refractivity contribution is 0.292. The number of nitrogens with zero attached hydrogens (tertiary/aromatic N) is 1. The van der Waals surface area contributed by atoms with Crippen molar-refractivity contribution in [2.75, 3.05) is 13.1 Å². The monoisotopic (exact) mass is 160 g/mol. The van der Waals surface area contributed by atoms with Crippen molar-refractivity contribution in [3.63, 3.8) is 0 Å². The van der Waals surface area contributed by atoms with Crippen molar-refractivity contribution in [3.8, 4) is 0 Å². The van der Waals surface area contributed by atoms with E-state index in [-0.39, 0.29) is 0 Å². The van der Waals surface area contributed by atoms with Crippen molar-refractivity contribution in [2.24, 2.45) is 5.84 Å². The standard InChI is InChI=1S/C7H18N2.C2H6/c1-3-5-6-7-9(8)4-2;1-2/h3-8H2,1-2H3;1-2H3. The lowest BCUT2D eigenvalue weighted by atomic mass is 10.2. The first-order valence-corrected chi connectivity index (χ1v) is 4.80. The first kappa shape index (κ1) is 13.5. The lowest BCUT2D eigenvalue weighted by Crippen LogP contribution is -2.31. The summed E-state index contributed by atoms with van der Waals surface area (Å²) >= 11 is 0. The van der Waals surface area contributed by atoms with E-state index >= 15 is 0 Å². The van der Waals surface area contributed by atoms with Gasteiger partial charge in [0.25, 0.3) is 0 Å². The number of hydrogen-bond acceptors (Lipinski definition) is 2. The van der Waals surface area contributed by atoms with Gasteiger partial charge in [-0.15, -0.1) is 0 Å². The summed E-state index contributed by atoms with van der Waals surface area (Å²) < 4.78 is 0. The van der Waals surface area contributed by atoms with Gasteiger partial charge in [0.1, 0.15) is 0 Å². The van der Waals surface area contributed by atoms with E-state index in [4.69, 9.17) is 5.84 Å². The van der Waals surface area contributed by atoms with Crippen molar-refractivity contribution in [1.29, 1.82) is 0 Å². The molecule has 0 aromatic carbocycles. The Morgan fingerprint density at radius 3 is 2.00 bits per heavy atom. The molecular formula is C9H24N2. The van der Waals surface area contributed by atoms with Crippen LogP contribution in [0.3, 0.4) is 0 Å². The second-order valence-electron chi connectivity index (χ2n) is 2.34. The fourth-order valence-electron chi connectivity index (χ4n) is 0.723. The van der Waals surface area contributed by atoms with Crippen molar-refractivity contribution < 1.29 is 0 Å². The van der Waals surface area contributed by atoms with Crippen LogP contribution >= 0.6 is 0 Å². The molecule has 0 aliphatic heterocycles. The molecule has 0 fully saturated rings. The van der Waals surface area contributed by atoms with Crippen LogP contribution in [0.5, 0.6) is 0 Å². The molecule has 0 bridgehead atoms. The molecule has 0 saturated heterocycles. The zero-order chi connectivity index (χ0) is 9.11. The minimum Gasteiger partial charge on any atom is -0.269 e. The van der Waals surface area contributed by atoms with Crippen LogP contribution in [0.2, 0.25) is 0 Å². The quantitative estimate of drug-likeness (QED) is 0.380. The molecule has 0 heterocycles. The molecule has 2 heteroatoms. The minimum atomic E-state index is 0.962. The Kier molecular flexibility index (Phi) is 15.4. The maximum atomic E-state index is 5.55. The molecule has 0 radical (unpaired) electrons. The smallest absolute Gasteiger partial charge is 0.0128 e. The fraction of sp³-hybridized carbons (Fsp3) is 1.00. The third kappa shape index (κ3) is 13.0. The van der Waals surface area contributed by atoms with Gasteiger partial charge < -0.3 is 0 Å². The van der Waals surface area contributed by atoms with Gasteiger partial charge in [-0.3, -0.25) is 5.84 Å². The third-order valence-electron chi connectivity index (χ3n) is 1.46. The Morgan fingerprint density at radius 1 is 1.09 bits per heavy atom. The average Bonchev–Trinajstić information content (AvgIpc) is 2.08. The zero-order valence-corrected chi connectivity index (χ0v) is 8.56. The fourth-order valence-corrected chi connectivity index (χ4v) is 0.723. The number of hydrazine groups is 1. The number of unbranched alkanes of at least 4 members (excludes halogenated alkanes) is 2. The molecule has 2 N–H and O–H groups in total. The van der Waals surface area contributed by atoms with Crippen LogP contribution in [-0.2, 0) is 0 Å². The van der Waals surface area contributed by atoms with E-state index in [2.05, 4.69) is 13.8 Å². The Hall–Kier alpha value is -0.0800. The highest BCUT2D eigenvalue weighted by molar-refractivity contribution is 4.44. The summed E-state index contributed by atoms with van der Waals surface area (Å²) in [6.07, 6.45) is 3.81. The summed E-state index contributed by atoms with van der Waals surface area (Å²) in [6.45, 7) is 10.3. The molecule has 0 aliphatic carbocycles. The molecule has 0 saturated carbocycles. The van der Waals surface area contributed by atoms with Gasteiger partial charge in [0.2, 0.25) is 0 Å². The van der Waals surface area contributed by atoms with Crippen LogP contribution < -0.4 is 5.84 Å². The average molecular weight is 160 g/mol. The number of rotatable bonds is 5. The van der Waals surface area contributed by atoms with E-state index in [1.54, 1.807) is 0 Å². The van der Waals surface area contributed by atoms with Gasteiger partial charge in [0.05, 0.1) is 0 Å². The predicted molar refractivity (Wildman–Crippen MR) is 52.3 cm³/mol. The highest BCUT2D eigenvalue weighted by Gasteiger charge is 1.91. The Bertz CT molecular complexity index is 55.5. The van der Waals surface area contributed by atoms with E-state index in [0.717, 1.165) is 13.1 Å². The summed E-state index contributed by atoms with van der Waals surface area (Å²) in [5, 5.41) is 1.86. The van der Waals surface area contributed by atoms with E-state index in [1.807, 2.05) is 18.9 Å². The Labute approximate surface area is 71.7 Å². The molecular weight excluding hydrogens is 136 g/mol.